The molecule has 0 aromatic heterocycles. The lowest BCUT2D eigenvalue weighted by Crippen LogP contribution is -2.18. The SMILES string of the molecule is CCOC(=O)/C(N=Nc1ccc([N+](=O)[O-])cc1)=C(\O)C(F)(F)F. The van der Waals surface area contributed by atoms with E-state index in [1.807, 2.05) is 0 Å². The Balaban J connectivity index is 3.15. The number of halogens is 3. The molecule has 1 rings (SSSR count). The van der Waals surface area contributed by atoms with Gasteiger partial charge in [0.1, 0.15) is 0 Å². The molecule has 0 unspecified atom stereocenters. The first-order valence-electron chi connectivity index (χ1n) is 6.00. The number of hydrogen-bond donors (Lipinski definition) is 1. The number of ether oxygens (including phenoxy) is 1. The van der Waals surface area contributed by atoms with Crippen molar-refractivity contribution >= 4 is 17.3 Å². The fourth-order valence-electron chi connectivity index (χ4n) is 1.27. The number of aliphatic hydroxyl groups is 1. The number of aliphatic hydroxyl groups excluding tert-OH is 1. The summed E-state index contributed by atoms with van der Waals surface area (Å²) >= 11 is 0. The smallest absolute Gasteiger partial charge is 0.451 e. The van der Waals surface area contributed by atoms with Crippen molar-refractivity contribution in [3.63, 3.8) is 0 Å². The van der Waals surface area contributed by atoms with Crippen LogP contribution in [0.1, 0.15) is 6.92 Å². The highest BCUT2D eigenvalue weighted by molar-refractivity contribution is 5.88. The summed E-state index contributed by atoms with van der Waals surface area (Å²) in [6, 6.07) is 4.31. The summed E-state index contributed by atoms with van der Waals surface area (Å²) in [5.41, 5.74) is -1.74. The molecule has 0 aliphatic rings. The van der Waals surface area contributed by atoms with Crippen molar-refractivity contribution in [3.8, 4) is 0 Å². The van der Waals surface area contributed by atoms with Gasteiger partial charge in [0.15, 0.2) is 0 Å². The van der Waals surface area contributed by atoms with Crippen LogP contribution < -0.4 is 0 Å². The van der Waals surface area contributed by atoms with Crippen molar-refractivity contribution in [1.82, 2.24) is 0 Å². The van der Waals surface area contributed by atoms with Crippen LogP contribution in [0.3, 0.4) is 0 Å². The average Bonchev–Trinajstić information content (AvgIpc) is 2.47. The largest absolute Gasteiger partial charge is 0.502 e. The third-order valence-corrected chi connectivity index (χ3v) is 2.29. The summed E-state index contributed by atoms with van der Waals surface area (Å²) in [6.45, 7) is 1.12. The normalized spacial score (nSPS) is 12.9. The number of rotatable bonds is 5. The lowest BCUT2D eigenvalue weighted by Gasteiger charge is -2.08. The lowest BCUT2D eigenvalue weighted by atomic mass is 10.3. The van der Waals surface area contributed by atoms with Crippen molar-refractivity contribution in [3.05, 3.63) is 45.8 Å². The van der Waals surface area contributed by atoms with Crippen LogP contribution >= 0.6 is 0 Å². The van der Waals surface area contributed by atoms with E-state index in [0.717, 1.165) is 24.3 Å². The summed E-state index contributed by atoms with van der Waals surface area (Å²) < 4.78 is 41.8. The van der Waals surface area contributed by atoms with Crippen LogP contribution in [0.25, 0.3) is 0 Å². The summed E-state index contributed by atoms with van der Waals surface area (Å²) in [6.07, 6.45) is -5.21. The molecule has 124 valence electrons. The van der Waals surface area contributed by atoms with Gasteiger partial charge in [-0.25, -0.2) is 4.79 Å². The molecule has 1 aromatic rings. The molecule has 0 saturated heterocycles. The Bertz CT molecular complexity index is 653. The molecule has 0 heterocycles. The van der Waals surface area contributed by atoms with Gasteiger partial charge in [0.25, 0.3) is 5.69 Å². The van der Waals surface area contributed by atoms with Gasteiger partial charge in [0, 0.05) is 12.1 Å². The highest BCUT2D eigenvalue weighted by Gasteiger charge is 2.39. The number of azo groups is 1. The monoisotopic (exact) mass is 333 g/mol. The van der Waals surface area contributed by atoms with E-state index in [1.165, 1.54) is 6.92 Å². The third kappa shape index (κ3) is 5.05. The molecule has 0 atom stereocenters. The van der Waals surface area contributed by atoms with E-state index in [0.29, 0.717) is 0 Å². The van der Waals surface area contributed by atoms with Crippen LogP contribution in [0, 0.1) is 10.1 Å². The molecule has 8 nitrogen and oxygen atoms in total. The Hall–Kier alpha value is -2.98. The second kappa shape index (κ2) is 7.33. The van der Waals surface area contributed by atoms with Crippen LogP contribution in [0.5, 0.6) is 0 Å². The summed E-state index contributed by atoms with van der Waals surface area (Å²) in [5, 5.41) is 25.9. The van der Waals surface area contributed by atoms with Gasteiger partial charge in [-0.15, -0.1) is 5.11 Å². The number of carbonyl (C=O) groups is 1. The minimum absolute atomic E-state index is 0.0626. The van der Waals surface area contributed by atoms with Crippen LogP contribution in [-0.4, -0.2) is 28.8 Å². The summed E-state index contributed by atoms with van der Waals surface area (Å²) in [5.74, 6) is -3.76. The van der Waals surface area contributed by atoms with Crippen LogP contribution in [-0.2, 0) is 9.53 Å². The molecule has 0 radical (unpaired) electrons. The number of hydrogen-bond acceptors (Lipinski definition) is 7. The molecular formula is C12H10F3N3O5. The maximum Gasteiger partial charge on any atom is 0.451 e. The minimum Gasteiger partial charge on any atom is -0.502 e. The zero-order chi connectivity index (χ0) is 17.6. The van der Waals surface area contributed by atoms with Gasteiger partial charge < -0.3 is 9.84 Å². The molecule has 0 aliphatic heterocycles. The molecule has 0 fully saturated rings. The number of alkyl halides is 3. The Morgan fingerprint density at radius 2 is 1.91 bits per heavy atom. The van der Waals surface area contributed by atoms with E-state index in [4.69, 9.17) is 5.11 Å². The molecule has 0 spiro atoms. The van der Waals surface area contributed by atoms with Gasteiger partial charge >= 0.3 is 12.1 Å². The number of nitrogens with zero attached hydrogens (tertiary/aromatic N) is 3. The number of allylic oxidation sites excluding steroid dienone is 1. The maximum atomic E-state index is 12.5. The van der Waals surface area contributed by atoms with Crippen molar-refractivity contribution < 1.29 is 32.7 Å². The van der Waals surface area contributed by atoms with Crippen LogP contribution in [0.4, 0.5) is 24.5 Å². The highest BCUT2D eigenvalue weighted by atomic mass is 19.4. The Morgan fingerprint density at radius 3 is 2.35 bits per heavy atom. The van der Waals surface area contributed by atoms with Crippen molar-refractivity contribution in [1.29, 1.82) is 0 Å². The molecule has 0 amide bonds. The van der Waals surface area contributed by atoms with Gasteiger partial charge in [-0.3, -0.25) is 10.1 Å². The minimum atomic E-state index is -5.21. The van der Waals surface area contributed by atoms with Gasteiger partial charge in [-0.1, -0.05) is 0 Å². The number of benzene rings is 1. The van der Waals surface area contributed by atoms with E-state index in [-0.39, 0.29) is 18.0 Å². The van der Waals surface area contributed by atoms with Crippen molar-refractivity contribution in [2.75, 3.05) is 6.61 Å². The van der Waals surface area contributed by atoms with Crippen LogP contribution in [0.15, 0.2) is 46.0 Å². The standard InChI is InChI=1S/C12H10F3N3O5/c1-2-23-11(20)9(10(19)12(13,14)15)17-16-7-3-5-8(6-4-7)18(21)22/h3-6,19H,2H2,1H3/b10-9+,17-16?. The van der Waals surface area contributed by atoms with Gasteiger partial charge in [0.05, 0.1) is 17.2 Å². The van der Waals surface area contributed by atoms with Crippen molar-refractivity contribution in [2.45, 2.75) is 13.1 Å². The molecule has 1 N–H and O–H groups in total. The first-order chi connectivity index (χ1) is 10.7. The zero-order valence-corrected chi connectivity index (χ0v) is 11.6. The molecule has 0 saturated carbocycles. The zero-order valence-electron chi connectivity index (χ0n) is 11.6. The Morgan fingerprint density at radius 1 is 1.35 bits per heavy atom. The van der Waals surface area contributed by atoms with Gasteiger partial charge in [-0.2, -0.15) is 18.3 Å². The maximum absolute atomic E-state index is 12.5. The van der Waals surface area contributed by atoms with Gasteiger partial charge in [-0.05, 0) is 19.1 Å². The molecule has 1 aromatic carbocycles. The Labute approximate surface area is 127 Å². The molecular weight excluding hydrogens is 323 g/mol. The highest BCUT2D eigenvalue weighted by Crippen LogP contribution is 2.28. The number of carbonyl (C=O) groups excluding carboxylic acids is 1. The first kappa shape index (κ1) is 18.1. The number of non-ortho nitro benzene ring substituents is 1. The predicted molar refractivity (Wildman–Crippen MR) is 70.0 cm³/mol. The van der Waals surface area contributed by atoms with E-state index < -0.39 is 28.5 Å². The fourth-order valence-corrected chi connectivity index (χ4v) is 1.27. The Kier molecular flexibility index (Phi) is 5.76. The fraction of sp³-hybridized carbons (Fsp3) is 0.250. The number of esters is 1. The summed E-state index contributed by atoms with van der Waals surface area (Å²) in [7, 11) is 0. The van der Waals surface area contributed by atoms with Crippen LogP contribution in [0.2, 0.25) is 0 Å². The first-order valence-corrected chi connectivity index (χ1v) is 6.00. The predicted octanol–water partition coefficient (Wildman–Crippen LogP) is 3.57. The topological polar surface area (TPSA) is 114 Å². The second-order valence-electron chi connectivity index (χ2n) is 3.89. The van der Waals surface area contributed by atoms with E-state index in [2.05, 4.69) is 15.0 Å². The quantitative estimate of drug-likeness (QED) is 0.221. The van der Waals surface area contributed by atoms with E-state index in [9.17, 15) is 28.1 Å². The molecule has 0 bridgehead atoms. The van der Waals surface area contributed by atoms with Crippen molar-refractivity contribution in [2.24, 2.45) is 10.2 Å². The summed E-state index contributed by atoms with van der Waals surface area (Å²) in [4.78, 5) is 21.2. The van der Waals surface area contributed by atoms with Gasteiger partial charge in [0.2, 0.25) is 11.5 Å². The molecule has 23 heavy (non-hydrogen) atoms. The van der Waals surface area contributed by atoms with E-state index >= 15 is 0 Å². The average molecular weight is 333 g/mol. The number of nitro groups is 1. The van der Waals surface area contributed by atoms with E-state index in [1.54, 1.807) is 0 Å². The molecule has 0 aliphatic carbocycles. The third-order valence-electron chi connectivity index (χ3n) is 2.29. The molecule has 11 heteroatoms. The second-order valence-corrected chi connectivity index (χ2v) is 3.89. The lowest BCUT2D eigenvalue weighted by molar-refractivity contribution is -0.384. The number of nitro benzene ring substituents is 1.